The summed E-state index contributed by atoms with van der Waals surface area (Å²) in [4.78, 5) is 13.7. The second-order valence-corrected chi connectivity index (χ2v) is 9.70. The van der Waals surface area contributed by atoms with Crippen molar-refractivity contribution in [2.24, 2.45) is 0 Å². The molecule has 2 aromatic rings. The summed E-state index contributed by atoms with van der Waals surface area (Å²) in [6.07, 6.45) is 11.2. The van der Waals surface area contributed by atoms with Gasteiger partial charge >= 0.3 is 0 Å². The van der Waals surface area contributed by atoms with E-state index in [1.807, 2.05) is 43.3 Å². The van der Waals surface area contributed by atoms with Crippen molar-refractivity contribution in [3.63, 3.8) is 0 Å². The molecule has 1 fully saturated rings. The zero-order valence-corrected chi connectivity index (χ0v) is 22.6. The van der Waals surface area contributed by atoms with Crippen LogP contribution in [0, 0.1) is 12.7 Å². The first-order valence-corrected chi connectivity index (χ1v) is 13.2. The first-order chi connectivity index (χ1) is 17.8. The van der Waals surface area contributed by atoms with Gasteiger partial charge in [-0.1, -0.05) is 67.9 Å². The third kappa shape index (κ3) is 7.21. The molecule has 0 saturated heterocycles. The predicted octanol–water partition coefficient (Wildman–Crippen LogP) is 7.45. The summed E-state index contributed by atoms with van der Waals surface area (Å²) in [7, 11) is 1.59. The quantitative estimate of drug-likeness (QED) is 0.371. The summed E-state index contributed by atoms with van der Waals surface area (Å²) in [5, 5.41) is 11.6. The van der Waals surface area contributed by atoms with Crippen LogP contribution < -0.4 is 5.32 Å². The number of benzene rings is 2. The fourth-order valence-electron chi connectivity index (χ4n) is 4.08. The first kappa shape index (κ1) is 28.4. The topological polar surface area (TPSA) is 52.6 Å². The SMILES string of the molecule is C=C1C=C(C(=O)NC)C=CN1/C(Cl)=C(\CCCC)c1ccccc1-c1ccc(C)cc1F.OC1CCC1. The molecule has 0 bridgehead atoms. The van der Waals surface area contributed by atoms with Gasteiger partial charge in [0.1, 0.15) is 11.0 Å². The van der Waals surface area contributed by atoms with E-state index < -0.39 is 0 Å². The molecular weight excluding hydrogens is 487 g/mol. The van der Waals surface area contributed by atoms with Gasteiger partial charge in [-0.15, -0.1) is 0 Å². The fraction of sp³-hybridized carbons (Fsp3) is 0.323. The molecule has 37 heavy (non-hydrogen) atoms. The van der Waals surface area contributed by atoms with E-state index in [0.29, 0.717) is 22.0 Å². The average Bonchev–Trinajstić information content (AvgIpc) is 2.87. The van der Waals surface area contributed by atoms with E-state index >= 15 is 0 Å². The Morgan fingerprint density at radius 1 is 1.22 bits per heavy atom. The molecule has 1 saturated carbocycles. The first-order valence-electron chi connectivity index (χ1n) is 12.8. The second kappa shape index (κ2) is 13.4. The van der Waals surface area contributed by atoms with Crippen LogP contribution in [0.1, 0.15) is 56.6 Å². The molecule has 0 radical (unpaired) electrons. The zero-order valence-electron chi connectivity index (χ0n) is 21.9. The number of nitrogens with zero attached hydrogens (tertiary/aromatic N) is 1. The number of rotatable bonds is 7. The maximum absolute atomic E-state index is 14.9. The van der Waals surface area contributed by atoms with Gasteiger partial charge in [-0.25, -0.2) is 4.39 Å². The van der Waals surface area contributed by atoms with Crippen molar-refractivity contribution < 1.29 is 14.3 Å². The third-order valence-electron chi connectivity index (χ3n) is 6.51. The number of carbonyl (C=O) groups excluding carboxylic acids is 1. The molecule has 4 nitrogen and oxygen atoms in total. The van der Waals surface area contributed by atoms with E-state index in [1.54, 1.807) is 36.4 Å². The number of aryl methyl sites for hydroxylation is 1. The summed E-state index contributed by atoms with van der Waals surface area (Å²) in [5.41, 5.74) is 5.10. The Morgan fingerprint density at radius 3 is 2.49 bits per heavy atom. The van der Waals surface area contributed by atoms with Crippen LogP contribution in [0.25, 0.3) is 16.7 Å². The van der Waals surface area contributed by atoms with Crippen LogP contribution in [-0.2, 0) is 4.79 Å². The molecule has 0 aromatic heterocycles. The molecule has 0 atom stereocenters. The number of hydrogen-bond donors (Lipinski definition) is 2. The van der Waals surface area contributed by atoms with E-state index in [0.717, 1.165) is 54.4 Å². The highest BCUT2D eigenvalue weighted by molar-refractivity contribution is 6.32. The summed E-state index contributed by atoms with van der Waals surface area (Å²) >= 11 is 6.95. The number of halogens is 2. The Hall–Kier alpha value is -3.15. The van der Waals surface area contributed by atoms with Gasteiger partial charge in [0.05, 0.1) is 6.10 Å². The maximum atomic E-state index is 14.9. The fourth-order valence-corrected chi connectivity index (χ4v) is 4.44. The number of allylic oxidation sites excluding steroid dienone is 2. The van der Waals surface area contributed by atoms with Crippen molar-refractivity contribution in [3.05, 3.63) is 101 Å². The van der Waals surface area contributed by atoms with E-state index in [-0.39, 0.29) is 17.8 Å². The summed E-state index contributed by atoms with van der Waals surface area (Å²) in [6, 6.07) is 13.0. The molecule has 2 N–H and O–H groups in total. The molecular formula is C31H36ClFN2O2. The number of unbranched alkanes of at least 4 members (excludes halogenated alkanes) is 1. The monoisotopic (exact) mass is 522 g/mol. The highest BCUT2D eigenvalue weighted by Gasteiger charge is 2.21. The van der Waals surface area contributed by atoms with Crippen LogP contribution in [0.3, 0.4) is 0 Å². The van der Waals surface area contributed by atoms with E-state index in [4.69, 9.17) is 16.7 Å². The van der Waals surface area contributed by atoms with Crippen LogP contribution in [0.5, 0.6) is 0 Å². The van der Waals surface area contributed by atoms with Gasteiger partial charge in [-0.3, -0.25) is 4.79 Å². The Kier molecular flexibility index (Phi) is 10.3. The number of carbonyl (C=O) groups is 1. The predicted molar refractivity (Wildman–Crippen MR) is 151 cm³/mol. The highest BCUT2D eigenvalue weighted by Crippen LogP contribution is 2.38. The van der Waals surface area contributed by atoms with Gasteiger partial charge in [0.25, 0.3) is 5.91 Å². The minimum absolute atomic E-state index is 0.0648. The van der Waals surface area contributed by atoms with Gasteiger partial charge in [0.2, 0.25) is 0 Å². The molecule has 4 rings (SSSR count). The van der Waals surface area contributed by atoms with Gasteiger partial charge < -0.3 is 15.3 Å². The largest absolute Gasteiger partial charge is 0.393 e. The van der Waals surface area contributed by atoms with Crippen molar-refractivity contribution in [2.75, 3.05) is 7.05 Å². The van der Waals surface area contributed by atoms with Gasteiger partial charge in [0.15, 0.2) is 0 Å². The Balaban J connectivity index is 0.000000678. The minimum atomic E-state index is -0.260. The normalized spacial score (nSPS) is 15.8. The average molecular weight is 523 g/mol. The molecule has 6 heteroatoms. The lowest BCUT2D eigenvalue weighted by molar-refractivity contribution is -0.116. The van der Waals surface area contributed by atoms with Crippen molar-refractivity contribution in [1.29, 1.82) is 0 Å². The van der Waals surface area contributed by atoms with E-state index in [2.05, 4.69) is 18.8 Å². The Bertz CT molecular complexity index is 1230. The number of amides is 1. The van der Waals surface area contributed by atoms with Crippen molar-refractivity contribution in [1.82, 2.24) is 10.2 Å². The minimum Gasteiger partial charge on any atom is -0.393 e. The number of aliphatic hydroxyl groups excluding tert-OH is 1. The lowest BCUT2D eigenvalue weighted by atomic mass is 9.91. The molecule has 2 aromatic carbocycles. The molecule has 0 unspecified atom stereocenters. The molecule has 1 aliphatic carbocycles. The third-order valence-corrected chi connectivity index (χ3v) is 6.92. The van der Waals surface area contributed by atoms with E-state index in [9.17, 15) is 9.18 Å². The molecule has 1 aliphatic heterocycles. The summed E-state index contributed by atoms with van der Waals surface area (Å²) in [6.45, 7) is 8.08. The highest BCUT2D eigenvalue weighted by atomic mass is 35.5. The molecule has 0 spiro atoms. The standard InChI is InChI=1S/C27H28ClFN2O.C4H8O/c1-5-6-9-24(26(28)31-15-14-20(17-19(31)3)27(32)30-4)22-11-8-7-10-21(22)23-13-12-18(2)16-25(23)29;5-4-2-1-3-4/h7-8,10-17H,3,5-6,9H2,1-2,4H3,(H,30,32);4-5H,1-3H2/b26-24+;. The van der Waals surface area contributed by atoms with Crippen LogP contribution >= 0.6 is 11.6 Å². The molecule has 196 valence electrons. The van der Waals surface area contributed by atoms with Crippen molar-refractivity contribution in [2.45, 2.75) is 58.5 Å². The van der Waals surface area contributed by atoms with Gasteiger partial charge in [-0.2, -0.15) is 0 Å². The van der Waals surface area contributed by atoms with Crippen molar-refractivity contribution >= 4 is 23.1 Å². The van der Waals surface area contributed by atoms with Gasteiger partial charge in [-0.05, 0) is 79.5 Å². The zero-order chi connectivity index (χ0) is 26.9. The molecule has 1 heterocycles. The molecule has 1 amide bonds. The number of nitrogens with one attached hydrogen (secondary N) is 1. The summed E-state index contributed by atoms with van der Waals surface area (Å²) < 4.78 is 14.9. The van der Waals surface area contributed by atoms with Crippen LogP contribution in [-0.4, -0.2) is 29.1 Å². The molecule has 2 aliphatic rings. The smallest absolute Gasteiger partial charge is 0.251 e. The lowest BCUT2D eigenvalue weighted by Gasteiger charge is -2.27. The van der Waals surface area contributed by atoms with Gasteiger partial charge in [0, 0.05) is 30.1 Å². The van der Waals surface area contributed by atoms with E-state index in [1.165, 1.54) is 6.42 Å². The summed E-state index contributed by atoms with van der Waals surface area (Å²) in [5.74, 6) is -0.447. The van der Waals surface area contributed by atoms with Crippen LogP contribution in [0.15, 0.2) is 83.8 Å². The van der Waals surface area contributed by atoms with Crippen LogP contribution in [0.2, 0.25) is 0 Å². The Morgan fingerprint density at radius 2 is 1.92 bits per heavy atom. The number of likely N-dealkylation sites (N-methyl/N-ethyl adjacent to an activating group) is 1. The van der Waals surface area contributed by atoms with Crippen molar-refractivity contribution in [3.8, 4) is 11.1 Å². The second-order valence-electron chi connectivity index (χ2n) is 9.34. The maximum Gasteiger partial charge on any atom is 0.251 e. The number of hydrogen-bond acceptors (Lipinski definition) is 3. The van der Waals surface area contributed by atoms with Crippen LogP contribution in [0.4, 0.5) is 4.39 Å². The lowest BCUT2D eigenvalue weighted by Crippen LogP contribution is -2.23. The number of aliphatic hydroxyl groups is 1. The Labute approximate surface area is 224 Å².